The zero-order valence-corrected chi connectivity index (χ0v) is 10.9. The van der Waals surface area contributed by atoms with Crippen LogP contribution in [-0.4, -0.2) is 21.4 Å². The quantitative estimate of drug-likeness (QED) is 0.876. The first-order valence-electron chi connectivity index (χ1n) is 6.84. The van der Waals surface area contributed by atoms with Crippen LogP contribution in [0.4, 0.5) is 5.82 Å². The van der Waals surface area contributed by atoms with Crippen LogP contribution in [0.15, 0.2) is 28.1 Å². The van der Waals surface area contributed by atoms with Gasteiger partial charge in [0.1, 0.15) is 0 Å². The molecule has 0 aromatic carbocycles. The van der Waals surface area contributed by atoms with E-state index >= 15 is 0 Å². The number of aromatic nitrogens is 3. The van der Waals surface area contributed by atoms with E-state index in [2.05, 4.69) is 20.2 Å². The molecule has 0 amide bonds. The molecule has 3 heterocycles. The van der Waals surface area contributed by atoms with Crippen LogP contribution in [-0.2, 0) is 0 Å². The molecule has 2 aliphatic rings. The van der Waals surface area contributed by atoms with Gasteiger partial charge in [-0.1, -0.05) is 6.42 Å². The number of nitrogens with one attached hydrogen (secondary N) is 2. The van der Waals surface area contributed by atoms with E-state index in [1.807, 2.05) is 18.2 Å². The van der Waals surface area contributed by atoms with Gasteiger partial charge in [0, 0.05) is 35.2 Å². The summed E-state index contributed by atoms with van der Waals surface area (Å²) in [6, 6.07) is 3.86. The Morgan fingerprint density at radius 1 is 1.30 bits per heavy atom. The summed E-state index contributed by atoms with van der Waals surface area (Å²) < 4.78 is 0. The minimum absolute atomic E-state index is 0.0647. The summed E-state index contributed by atoms with van der Waals surface area (Å²) in [6.07, 6.45) is 8.95. The molecule has 1 aliphatic heterocycles. The number of pyridine rings is 1. The predicted molar refractivity (Wildman–Crippen MR) is 78.3 cm³/mol. The van der Waals surface area contributed by atoms with Gasteiger partial charge < -0.3 is 5.10 Å². The van der Waals surface area contributed by atoms with E-state index in [1.165, 1.54) is 6.42 Å². The number of nitrogens with zero attached hydrogens (tertiary/aromatic N) is 2. The summed E-state index contributed by atoms with van der Waals surface area (Å²) in [5.74, 6) is 1.20. The molecule has 20 heavy (non-hydrogen) atoms. The third kappa shape index (κ3) is 1.66. The van der Waals surface area contributed by atoms with Crippen molar-refractivity contribution in [2.75, 3.05) is 0 Å². The van der Waals surface area contributed by atoms with E-state index in [-0.39, 0.29) is 5.56 Å². The van der Waals surface area contributed by atoms with E-state index in [9.17, 15) is 4.79 Å². The topological polar surface area (TPSA) is 73.9 Å². The third-order valence-corrected chi connectivity index (χ3v) is 4.08. The van der Waals surface area contributed by atoms with Crippen molar-refractivity contribution >= 4 is 23.7 Å². The molecule has 5 heteroatoms. The Kier molecular flexibility index (Phi) is 2.45. The fourth-order valence-electron chi connectivity index (χ4n) is 2.74. The third-order valence-electron chi connectivity index (χ3n) is 4.08. The highest BCUT2D eigenvalue weighted by atomic mass is 16.1. The van der Waals surface area contributed by atoms with Gasteiger partial charge in [0.05, 0.1) is 5.56 Å². The van der Waals surface area contributed by atoms with E-state index in [0.717, 1.165) is 41.1 Å². The van der Waals surface area contributed by atoms with Crippen molar-refractivity contribution in [3.63, 3.8) is 0 Å². The lowest BCUT2D eigenvalue weighted by Gasteiger charge is -2.24. The van der Waals surface area contributed by atoms with E-state index in [4.69, 9.17) is 0 Å². The van der Waals surface area contributed by atoms with Gasteiger partial charge >= 0.3 is 0 Å². The van der Waals surface area contributed by atoms with Crippen molar-refractivity contribution in [3.05, 3.63) is 45.5 Å². The van der Waals surface area contributed by atoms with E-state index in [1.54, 1.807) is 12.4 Å². The van der Waals surface area contributed by atoms with Crippen LogP contribution in [0.2, 0.25) is 0 Å². The Balaban J connectivity index is 1.80. The maximum Gasteiger partial charge on any atom is 0.271 e. The zero-order valence-electron chi connectivity index (χ0n) is 10.9. The molecule has 4 rings (SSSR count). The number of rotatable bonds is 2. The van der Waals surface area contributed by atoms with Gasteiger partial charge in [0.2, 0.25) is 0 Å². The molecular weight excluding hydrogens is 252 g/mol. The van der Waals surface area contributed by atoms with Crippen molar-refractivity contribution in [2.45, 2.75) is 25.2 Å². The molecule has 0 saturated heterocycles. The first kappa shape index (κ1) is 11.4. The molecule has 0 radical (unpaired) electrons. The number of H-pyrrole nitrogens is 2. The lowest BCUT2D eigenvalue weighted by atomic mass is 9.81. The van der Waals surface area contributed by atoms with Crippen molar-refractivity contribution in [1.29, 1.82) is 0 Å². The lowest BCUT2D eigenvalue weighted by molar-refractivity contribution is 0.410. The second kappa shape index (κ2) is 4.30. The maximum atomic E-state index is 12.0. The van der Waals surface area contributed by atoms with Crippen molar-refractivity contribution in [3.8, 4) is 0 Å². The molecule has 0 spiro atoms. The zero-order chi connectivity index (χ0) is 13.5. The Bertz CT molecular complexity index is 777. The minimum Gasteiger partial charge on any atom is -0.301 e. The molecule has 1 saturated carbocycles. The summed E-state index contributed by atoms with van der Waals surface area (Å²) in [4.78, 5) is 20.5. The van der Waals surface area contributed by atoms with Crippen LogP contribution in [0.1, 0.15) is 42.0 Å². The van der Waals surface area contributed by atoms with Gasteiger partial charge in [0.15, 0.2) is 5.82 Å². The average molecular weight is 266 g/mol. The Morgan fingerprint density at radius 3 is 3.00 bits per heavy atom. The van der Waals surface area contributed by atoms with Crippen LogP contribution < -0.4 is 5.56 Å². The SMILES string of the molecule is O=c1[nH][nH]c(C2CCC2)c1/C=C1\C=Nc2ncccc21. The molecule has 0 bridgehead atoms. The number of hydrogen-bond donors (Lipinski definition) is 2. The molecule has 1 aliphatic carbocycles. The van der Waals surface area contributed by atoms with Gasteiger partial charge in [-0.2, -0.15) is 0 Å². The van der Waals surface area contributed by atoms with Gasteiger partial charge in [-0.25, -0.2) is 9.98 Å². The standard InChI is InChI=1S/C15H14N4O/c20-15-12(13(18-19-15)9-3-1-4-9)7-10-8-17-14-11(10)5-2-6-16-14/h2,5-9H,1,3-4H2,(H2,18,19,20)/b10-7+. The highest BCUT2D eigenvalue weighted by Gasteiger charge is 2.25. The molecule has 2 N–H and O–H groups in total. The number of aliphatic imine (C=N–C) groups is 1. The van der Waals surface area contributed by atoms with Crippen LogP contribution >= 0.6 is 0 Å². The van der Waals surface area contributed by atoms with Crippen molar-refractivity contribution in [2.24, 2.45) is 4.99 Å². The molecular formula is C15H14N4O. The second-order valence-electron chi connectivity index (χ2n) is 5.27. The summed E-state index contributed by atoms with van der Waals surface area (Å²) in [7, 11) is 0. The number of allylic oxidation sites excluding steroid dienone is 1. The smallest absolute Gasteiger partial charge is 0.271 e. The van der Waals surface area contributed by atoms with Gasteiger partial charge in [0.25, 0.3) is 5.56 Å². The molecule has 0 atom stereocenters. The Morgan fingerprint density at radius 2 is 2.20 bits per heavy atom. The fraction of sp³-hybridized carbons (Fsp3) is 0.267. The van der Waals surface area contributed by atoms with Crippen LogP contribution in [0, 0.1) is 0 Å². The highest BCUT2D eigenvalue weighted by Crippen LogP contribution is 2.37. The minimum atomic E-state index is -0.0647. The molecule has 5 nitrogen and oxygen atoms in total. The van der Waals surface area contributed by atoms with Crippen LogP contribution in [0.25, 0.3) is 11.6 Å². The Hall–Kier alpha value is -2.43. The second-order valence-corrected chi connectivity index (χ2v) is 5.27. The van der Waals surface area contributed by atoms with Gasteiger partial charge in [-0.15, -0.1) is 0 Å². The first-order valence-corrected chi connectivity index (χ1v) is 6.84. The van der Waals surface area contributed by atoms with Crippen LogP contribution in [0.3, 0.4) is 0 Å². The maximum absolute atomic E-state index is 12.0. The molecule has 100 valence electrons. The van der Waals surface area contributed by atoms with Gasteiger partial charge in [-0.05, 0) is 31.1 Å². The molecule has 1 fully saturated rings. The van der Waals surface area contributed by atoms with Crippen molar-refractivity contribution in [1.82, 2.24) is 15.2 Å². The lowest BCUT2D eigenvalue weighted by Crippen LogP contribution is -2.12. The number of fused-ring (bicyclic) bond motifs is 1. The number of hydrogen-bond acceptors (Lipinski definition) is 3. The fourth-order valence-corrected chi connectivity index (χ4v) is 2.74. The number of aromatic amines is 2. The average Bonchev–Trinajstić information content (AvgIpc) is 2.96. The normalized spacial score (nSPS) is 19.3. The molecule has 2 aromatic heterocycles. The first-order chi connectivity index (χ1) is 9.83. The summed E-state index contributed by atoms with van der Waals surface area (Å²) in [6.45, 7) is 0. The van der Waals surface area contributed by atoms with Crippen LogP contribution in [0.5, 0.6) is 0 Å². The van der Waals surface area contributed by atoms with E-state index < -0.39 is 0 Å². The molecule has 0 unspecified atom stereocenters. The summed E-state index contributed by atoms with van der Waals surface area (Å²) in [5.41, 5.74) is 3.61. The largest absolute Gasteiger partial charge is 0.301 e. The molecule has 2 aromatic rings. The van der Waals surface area contributed by atoms with Gasteiger partial charge in [-0.3, -0.25) is 9.89 Å². The van der Waals surface area contributed by atoms with E-state index in [0.29, 0.717) is 5.92 Å². The van der Waals surface area contributed by atoms with Crippen molar-refractivity contribution < 1.29 is 0 Å². The summed E-state index contributed by atoms with van der Waals surface area (Å²) in [5, 5.41) is 5.73. The Labute approximate surface area is 115 Å². The predicted octanol–water partition coefficient (Wildman–Crippen LogP) is 2.62. The summed E-state index contributed by atoms with van der Waals surface area (Å²) >= 11 is 0. The monoisotopic (exact) mass is 266 g/mol. The highest BCUT2D eigenvalue weighted by molar-refractivity contribution is 6.20.